The SMILES string of the molecule is CN(C)C1(CNC(=O)N[C@@H](CC(=O)O)C(=O)O)CCCC1. The number of carboxylic acid groups (broad SMARTS) is 2. The minimum Gasteiger partial charge on any atom is -0.481 e. The van der Waals surface area contributed by atoms with Crippen molar-refractivity contribution in [3.8, 4) is 0 Å². The van der Waals surface area contributed by atoms with Crippen molar-refractivity contribution in [2.24, 2.45) is 0 Å². The van der Waals surface area contributed by atoms with Gasteiger partial charge in [-0.05, 0) is 26.9 Å². The van der Waals surface area contributed by atoms with Gasteiger partial charge in [-0.1, -0.05) is 12.8 Å². The molecule has 21 heavy (non-hydrogen) atoms. The third kappa shape index (κ3) is 4.89. The standard InChI is InChI=1S/C13H23N3O5/c1-16(2)13(5-3-4-6-13)8-14-12(21)15-9(11(19)20)7-10(17)18/h9H,3-8H2,1-2H3,(H,17,18)(H,19,20)(H2,14,15,21)/t9-/m0/s1. The Kier molecular flexibility index (Phi) is 5.95. The maximum Gasteiger partial charge on any atom is 0.326 e. The minimum absolute atomic E-state index is 0.108. The van der Waals surface area contributed by atoms with Crippen LogP contribution in [0.3, 0.4) is 0 Å². The third-order valence-electron chi connectivity index (χ3n) is 4.04. The van der Waals surface area contributed by atoms with Gasteiger partial charge in [0.2, 0.25) is 0 Å². The van der Waals surface area contributed by atoms with Gasteiger partial charge in [-0.2, -0.15) is 0 Å². The summed E-state index contributed by atoms with van der Waals surface area (Å²) in [6.45, 7) is 0.408. The quantitative estimate of drug-likeness (QED) is 0.529. The van der Waals surface area contributed by atoms with Gasteiger partial charge in [0.05, 0.1) is 6.42 Å². The van der Waals surface area contributed by atoms with Crippen LogP contribution in [0.4, 0.5) is 4.79 Å². The number of carboxylic acids is 2. The Bertz CT molecular complexity index is 405. The highest BCUT2D eigenvalue weighted by atomic mass is 16.4. The summed E-state index contributed by atoms with van der Waals surface area (Å²) < 4.78 is 0. The molecular weight excluding hydrogens is 278 g/mol. The lowest BCUT2D eigenvalue weighted by molar-refractivity contribution is -0.145. The number of hydrogen-bond donors (Lipinski definition) is 4. The second-order valence-corrected chi connectivity index (χ2v) is 5.64. The molecular formula is C13H23N3O5. The molecule has 0 aromatic heterocycles. The van der Waals surface area contributed by atoms with E-state index in [-0.39, 0.29) is 5.54 Å². The fourth-order valence-electron chi connectivity index (χ4n) is 2.64. The Morgan fingerprint density at radius 3 is 2.19 bits per heavy atom. The van der Waals surface area contributed by atoms with E-state index < -0.39 is 30.4 Å². The van der Waals surface area contributed by atoms with E-state index in [0.29, 0.717) is 6.54 Å². The Morgan fingerprint density at radius 2 is 1.76 bits per heavy atom. The average molecular weight is 301 g/mol. The number of carbonyl (C=O) groups is 3. The van der Waals surface area contributed by atoms with Crippen LogP contribution in [-0.4, -0.2) is 65.3 Å². The summed E-state index contributed by atoms with van der Waals surface area (Å²) in [6, 6.07) is -2.09. The Balaban J connectivity index is 2.52. The molecule has 1 saturated carbocycles. The highest BCUT2D eigenvalue weighted by molar-refractivity contribution is 5.86. The van der Waals surface area contributed by atoms with Crippen LogP contribution in [0.2, 0.25) is 0 Å². The van der Waals surface area contributed by atoms with E-state index in [2.05, 4.69) is 15.5 Å². The van der Waals surface area contributed by atoms with Gasteiger partial charge in [0, 0.05) is 12.1 Å². The predicted octanol–water partition coefficient (Wildman–Crippen LogP) is 0.0879. The molecule has 8 nitrogen and oxygen atoms in total. The van der Waals surface area contributed by atoms with Crippen LogP contribution in [0.25, 0.3) is 0 Å². The van der Waals surface area contributed by atoms with Crippen molar-refractivity contribution in [2.75, 3.05) is 20.6 Å². The lowest BCUT2D eigenvalue weighted by Gasteiger charge is -2.36. The maximum absolute atomic E-state index is 11.8. The molecule has 2 amide bonds. The zero-order chi connectivity index (χ0) is 16.0. The number of hydrogen-bond acceptors (Lipinski definition) is 4. The molecule has 0 aromatic carbocycles. The van der Waals surface area contributed by atoms with Crippen LogP contribution in [0, 0.1) is 0 Å². The molecule has 1 aliphatic carbocycles. The zero-order valence-electron chi connectivity index (χ0n) is 12.4. The molecule has 1 rings (SSSR count). The van der Waals surface area contributed by atoms with Gasteiger partial charge in [-0.15, -0.1) is 0 Å². The monoisotopic (exact) mass is 301 g/mol. The highest BCUT2D eigenvalue weighted by Gasteiger charge is 2.36. The molecule has 0 bridgehead atoms. The second kappa shape index (κ2) is 7.26. The molecule has 1 aliphatic rings. The molecule has 0 heterocycles. The number of amides is 2. The molecule has 120 valence electrons. The molecule has 0 aromatic rings. The van der Waals surface area contributed by atoms with Gasteiger partial charge >= 0.3 is 18.0 Å². The van der Waals surface area contributed by atoms with Gasteiger partial charge in [0.25, 0.3) is 0 Å². The number of aliphatic carboxylic acids is 2. The van der Waals surface area contributed by atoms with Crippen molar-refractivity contribution in [1.82, 2.24) is 15.5 Å². The summed E-state index contributed by atoms with van der Waals surface area (Å²) in [7, 11) is 3.91. The molecule has 1 atom stereocenters. The smallest absolute Gasteiger partial charge is 0.326 e. The van der Waals surface area contributed by atoms with Crippen molar-refractivity contribution in [2.45, 2.75) is 43.7 Å². The van der Waals surface area contributed by atoms with E-state index in [1.54, 1.807) is 0 Å². The average Bonchev–Trinajstić information content (AvgIpc) is 2.85. The van der Waals surface area contributed by atoms with Crippen LogP contribution < -0.4 is 10.6 Å². The second-order valence-electron chi connectivity index (χ2n) is 5.64. The number of urea groups is 1. The predicted molar refractivity (Wildman–Crippen MR) is 75.1 cm³/mol. The summed E-state index contributed by atoms with van der Waals surface area (Å²) in [5, 5.41) is 22.3. The zero-order valence-corrected chi connectivity index (χ0v) is 12.4. The number of nitrogens with zero attached hydrogens (tertiary/aromatic N) is 1. The number of likely N-dealkylation sites (N-methyl/N-ethyl adjacent to an activating group) is 1. The van der Waals surface area contributed by atoms with Gasteiger partial charge in [0.15, 0.2) is 0 Å². The number of carbonyl (C=O) groups excluding carboxylic acids is 1. The van der Waals surface area contributed by atoms with E-state index in [1.807, 2.05) is 14.1 Å². The van der Waals surface area contributed by atoms with Crippen LogP contribution in [-0.2, 0) is 9.59 Å². The van der Waals surface area contributed by atoms with Crippen LogP contribution in [0.15, 0.2) is 0 Å². The van der Waals surface area contributed by atoms with Crippen LogP contribution in [0.1, 0.15) is 32.1 Å². The first-order valence-electron chi connectivity index (χ1n) is 6.93. The van der Waals surface area contributed by atoms with Gasteiger partial charge in [-0.3, -0.25) is 4.79 Å². The van der Waals surface area contributed by atoms with Crippen molar-refractivity contribution >= 4 is 18.0 Å². The summed E-state index contributed by atoms with van der Waals surface area (Å²) in [4.78, 5) is 35.3. The van der Waals surface area contributed by atoms with E-state index in [0.717, 1.165) is 25.7 Å². The third-order valence-corrected chi connectivity index (χ3v) is 4.04. The minimum atomic E-state index is -1.43. The Morgan fingerprint density at radius 1 is 1.19 bits per heavy atom. The first-order chi connectivity index (χ1) is 9.77. The van der Waals surface area contributed by atoms with Crippen molar-refractivity contribution in [3.63, 3.8) is 0 Å². The van der Waals surface area contributed by atoms with Crippen molar-refractivity contribution < 1.29 is 24.6 Å². The first kappa shape index (κ1) is 17.2. The van der Waals surface area contributed by atoms with E-state index in [1.165, 1.54) is 0 Å². The highest BCUT2D eigenvalue weighted by Crippen LogP contribution is 2.32. The molecule has 0 unspecified atom stereocenters. The lowest BCUT2D eigenvalue weighted by Crippen LogP contribution is -2.54. The fourth-order valence-corrected chi connectivity index (χ4v) is 2.64. The number of rotatable bonds is 7. The van der Waals surface area contributed by atoms with E-state index in [9.17, 15) is 14.4 Å². The van der Waals surface area contributed by atoms with Gasteiger partial charge in [0.1, 0.15) is 6.04 Å². The first-order valence-corrected chi connectivity index (χ1v) is 6.93. The van der Waals surface area contributed by atoms with Gasteiger partial charge < -0.3 is 25.7 Å². The Labute approximate surface area is 123 Å². The van der Waals surface area contributed by atoms with Crippen LogP contribution in [0.5, 0.6) is 0 Å². The largest absolute Gasteiger partial charge is 0.481 e. The Hall–Kier alpha value is -1.83. The van der Waals surface area contributed by atoms with Gasteiger partial charge in [-0.25, -0.2) is 9.59 Å². The van der Waals surface area contributed by atoms with Crippen molar-refractivity contribution in [1.29, 1.82) is 0 Å². The molecule has 1 fully saturated rings. The summed E-state index contributed by atoms with van der Waals surface area (Å²) in [5.41, 5.74) is -0.108. The molecule has 0 aliphatic heterocycles. The maximum atomic E-state index is 11.8. The summed E-state index contributed by atoms with van der Waals surface area (Å²) in [6.07, 6.45) is 3.48. The number of nitrogens with one attached hydrogen (secondary N) is 2. The van der Waals surface area contributed by atoms with E-state index in [4.69, 9.17) is 10.2 Å². The summed E-state index contributed by atoms with van der Waals surface area (Å²) in [5.74, 6) is -2.64. The molecule has 4 N–H and O–H groups in total. The molecule has 0 saturated heterocycles. The van der Waals surface area contributed by atoms with E-state index >= 15 is 0 Å². The molecule has 8 heteroatoms. The topological polar surface area (TPSA) is 119 Å². The fraction of sp³-hybridized carbons (Fsp3) is 0.769. The summed E-state index contributed by atoms with van der Waals surface area (Å²) >= 11 is 0. The normalized spacial score (nSPS) is 18.2. The van der Waals surface area contributed by atoms with Crippen LogP contribution >= 0.6 is 0 Å². The lowest BCUT2D eigenvalue weighted by atomic mass is 9.96. The molecule has 0 radical (unpaired) electrons. The van der Waals surface area contributed by atoms with Crippen molar-refractivity contribution in [3.05, 3.63) is 0 Å². The molecule has 0 spiro atoms.